The Morgan fingerprint density at radius 2 is 1.27 bits per heavy atom. The lowest BCUT2D eigenvalue weighted by molar-refractivity contribution is -0.154. The van der Waals surface area contributed by atoms with Crippen molar-refractivity contribution in [1.82, 2.24) is 0 Å². The van der Waals surface area contributed by atoms with E-state index in [1.165, 1.54) is 13.3 Å². The van der Waals surface area contributed by atoms with Crippen LogP contribution in [-0.2, 0) is 33.2 Å². The fraction of sp³-hybridized carbons (Fsp3) is 0.857. The summed E-state index contributed by atoms with van der Waals surface area (Å²) in [6, 6.07) is 0. The van der Waals surface area contributed by atoms with E-state index < -0.39 is 24.4 Å². The molecule has 0 aliphatic rings. The molecular weight excluding hydrogens is 396 g/mol. The Bertz CT molecular complexity index is 467. The summed E-state index contributed by atoms with van der Waals surface area (Å²) >= 11 is 0. The first-order chi connectivity index (χ1) is 14.4. The van der Waals surface area contributed by atoms with Gasteiger partial charge in [-0.15, -0.1) is 0 Å². The zero-order chi connectivity index (χ0) is 22.6. The van der Waals surface area contributed by atoms with Crippen molar-refractivity contribution < 1.29 is 42.8 Å². The Hall–Kier alpha value is -2.03. The van der Waals surface area contributed by atoms with Gasteiger partial charge in [0, 0.05) is 0 Å². The summed E-state index contributed by atoms with van der Waals surface area (Å²) in [5, 5.41) is 0. The van der Waals surface area contributed by atoms with Gasteiger partial charge in [-0.05, 0) is 33.1 Å². The molecule has 9 heteroatoms. The molecule has 0 aliphatic heterocycles. The van der Waals surface area contributed by atoms with Crippen molar-refractivity contribution in [1.29, 1.82) is 0 Å². The normalized spacial score (nSPS) is 12.5. The topological polar surface area (TPSA) is 107 Å². The van der Waals surface area contributed by atoms with E-state index in [2.05, 4.69) is 6.92 Å². The lowest BCUT2D eigenvalue weighted by Gasteiger charge is -2.13. The number of rotatable bonds is 17. The Morgan fingerprint density at radius 1 is 0.667 bits per heavy atom. The van der Waals surface area contributed by atoms with Crippen LogP contribution in [0.5, 0.6) is 0 Å². The molecule has 0 heterocycles. The van der Waals surface area contributed by atoms with E-state index in [-0.39, 0.29) is 32.5 Å². The third-order valence-electron chi connectivity index (χ3n) is 4.00. The van der Waals surface area contributed by atoms with Gasteiger partial charge in [0.15, 0.2) is 6.10 Å². The number of carbonyl (C=O) groups excluding carboxylic acids is 3. The van der Waals surface area contributed by atoms with Crippen LogP contribution in [0, 0.1) is 0 Å². The highest BCUT2D eigenvalue weighted by atomic mass is 16.7. The summed E-state index contributed by atoms with van der Waals surface area (Å²) in [5.74, 6) is -0.615. The van der Waals surface area contributed by atoms with Gasteiger partial charge in [-0.25, -0.2) is 14.4 Å². The van der Waals surface area contributed by atoms with Gasteiger partial charge in [-0.3, -0.25) is 0 Å². The molecule has 0 aromatic heterocycles. The van der Waals surface area contributed by atoms with E-state index >= 15 is 0 Å². The molecule has 0 N–H and O–H groups in total. The third-order valence-corrected chi connectivity index (χ3v) is 4.00. The van der Waals surface area contributed by atoms with Gasteiger partial charge in [-0.1, -0.05) is 39.5 Å². The predicted molar refractivity (Wildman–Crippen MR) is 109 cm³/mol. The van der Waals surface area contributed by atoms with Gasteiger partial charge >= 0.3 is 18.3 Å². The van der Waals surface area contributed by atoms with Crippen molar-refractivity contribution in [2.45, 2.75) is 84.8 Å². The monoisotopic (exact) mass is 434 g/mol. The minimum atomic E-state index is -1.04. The first-order valence-corrected chi connectivity index (χ1v) is 10.8. The van der Waals surface area contributed by atoms with Gasteiger partial charge in [0.25, 0.3) is 0 Å². The average molecular weight is 435 g/mol. The van der Waals surface area contributed by atoms with Crippen molar-refractivity contribution in [3.05, 3.63) is 0 Å². The summed E-state index contributed by atoms with van der Waals surface area (Å²) in [5.41, 5.74) is 0. The van der Waals surface area contributed by atoms with E-state index in [9.17, 15) is 14.4 Å². The SMILES string of the molecule is CCCCCC[C@H](C)OC(=O)OCCOCCOC(=O)O[C@@H](C)C(=O)OCCCC. The molecule has 0 saturated heterocycles. The number of esters is 1. The van der Waals surface area contributed by atoms with E-state index in [4.69, 9.17) is 28.4 Å². The maximum Gasteiger partial charge on any atom is 0.509 e. The second-order valence-electron chi connectivity index (χ2n) is 6.87. The summed E-state index contributed by atoms with van der Waals surface area (Å²) < 4.78 is 29.8. The lowest BCUT2D eigenvalue weighted by Crippen LogP contribution is -2.27. The zero-order valence-electron chi connectivity index (χ0n) is 18.8. The van der Waals surface area contributed by atoms with Crippen molar-refractivity contribution in [3.63, 3.8) is 0 Å². The lowest BCUT2D eigenvalue weighted by atomic mass is 10.1. The Morgan fingerprint density at radius 3 is 1.87 bits per heavy atom. The minimum Gasteiger partial charge on any atom is -0.463 e. The molecule has 0 aliphatic carbocycles. The molecule has 0 fully saturated rings. The van der Waals surface area contributed by atoms with Crippen LogP contribution in [0.4, 0.5) is 9.59 Å². The zero-order valence-corrected chi connectivity index (χ0v) is 18.8. The van der Waals surface area contributed by atoms with E-state index in [0.29, 0.717) is 6.61 Å². The summed E-state index contributed by atoms with van der Waals surface area (Å²) in [7, 11) is 0. The minimum absolute atomic E-state index is 0.0342. The van der Waals surface area contributed by atoms with Gasteiger partial charge in [-0.2, -0.15) is 0 Å². The predicted octanol–water partition coefficient (Wildman–Crippen LogP) is 4.40. The molecule has 0 aromatic carbocycles. The van der Waals surface area contributed by atoms with Gasteiger partial charge in [0.2, 0.25) is 0 Å². The van der Waals surface area contributed by atoms with Crippen molar-refractivity contribution in [2.24, 2.45) is 0 Å². The molecule has 0 spiro atoms. The maximum absolute atomic E-state index is 11.6. The Balaban J connectivity index is 3.62. The highest BCUT2D eigenvalue weighted by Crippen LogP contribution is 2.08. The van der Waals surface area contributed by atoms with Crippen LogP contribution in [0.2, 0.25) is 0 Å². The van der Waals surface area contributed by atoms with Crippen LogP contribution < -0.4 is 0 Å². The van der Waals surface area contributed by atoms with Crippen LogP contribution in [0.3, 0.4) is 0 Å². The molecule has 0 amide bonds. The number of hydrogen-bond donors (Lipinski definition) is 0. The second kappa shape index (κ2) is 19.0. The van der Waals surface area contributed by atoms with Crippen molar-refractivity contribution in [3.8, 4) is 0 Å². The largest absolute Gasteiger partial charge is 0.509 e. The first kappa shape index (κ1) is 28.0. The molecule has 0 aromatic rings. The highest BCUT2D eigenvalue weighted by molar-refractivity contribution is 5.76. The number of ether oxygens (including phenoxy) is 6. The fourth-order valence-electron chi connectivity index (χ4n) is 2.25. The summed E-state index contributed by atoms with van der Waals surface area (Å²) in [6.07, 6.45) is 4.04. The molecule has 0 rings (SSSR count). The number of carbonyl (C=O) groups is 3. The van der Waals surface area contributed by atoms with Crippen LogP contribution in [-0.4, -0.2) is 63.5 Å². The molecular formula is C21H38O9. The van der Waals surface area contributed by atoms with Crippen LogP contribution >= 0.6 is 0 Å². The molecule has 0 saturated carbocycles. The van der Waals surface area contributed by atoms with Gasteiger partial charge in [0.1, 0.15) is 19.3 Å². The fourth-order valence-corrected chi connectivity index (χ4v) is 2.25. The smallest absolute Gasteiger partial charge is 0.463 e. The van der Waals surface area contributed by atoms with Crippen molar-refractivity contribution >= 4 is 18.3 Å². The highest BCUT2D eigenvalue weighted by Gasteiger charge is 2.20. The molecule has 30 heavy (non-hydrogen) atoms. The van der Waals surface area contributed by atoms with Gasteiger partial charge in [0.05, 0.1) is 19.8 Å². The Labute approximate surface area is 179 Å². The first-order valence-electron chi connectivity index (χ1n) is 10.8. The van der Waals surface area contributed by atoms with Crippen LogP contribution in [0.25, 0.3) is 0 Å². The third kappa shape index (κ3) is 16.9. The molecule has 0 radical (unpaired) electrons. The van der Waals surface area contributed by atoms with E-state index in [1.807, 2.05) is 13.8 Å². The molecule has 0 unspecified atom stereocenters. The average Bonchev–Trinajstić information content (AvgIpc) is 2.70. The van der Waals surface area contributed by atoms with Crippen molar-refractivity contribution in [2.75, 3.05) is 33.0 Å². The Kier molecular flexibility index (Phi) is 17.7. The molecule has 9 nitrogen and oxygen atoms in total. The van der Waals surface area contributed by atoms with Crippen LogP contribution in [0.15, 0.2) is 0 Å². The quantitative estimate of drug-likeness (QED) is 0.187. The van der Waals surface area contributed by atoms with E-state index in [0.717, 1.165) is 38.5 Å². The molecule has 0 bridgehead atoms. The number of hydrogen-bond acceptors (Lipinski definition) is 9. The standard InChI is InChI=1S/C21H38O9/c1-5-7-9-10-11-17(3)29-20(23)27-15-13-25-14-16-28-21(24)30-18(4)19(22)26-12-8-6-2/h17-18H,5-16H2,1-4H3/t17-,18-/m0/s1. The maximum atomic E-state index is 11.6. The number of unbranched alkanes of at least 4 members (excludes halogenated alkanes) is 4. The summed E-state index contributed by atoms with van der Waals surface area (Å²) in [4.78, 5) is 34.6. The van der Waals surface area contributed by atoms with E-state index in [1.54, 1.807) is 0 Å². The second-order valence-corrected chi connectivity index (χ2v) is 6.87. The summed E-state index contributed by atoms with van der Waals surface area (Å²) in [6.45, 7) is 7.87. The molecule has 176 valence electrons. The van der Waals surface area contributed by atoms with Crippen LogP contribution in [0.1, 0.15) is 72.6 Å². The molecule has 2 atom stereocenters. The van der Waals surface area contributed by atoms with Gasteiger partial charge < -0.3 is 28.4 Å².